The maximum absolute atomic E-state index is 15.3. The maximum Gasteiger partial charge on any atom is 0.240 e. The number of aromatic nitrogens is 3. The van der Waals surface area contributed by atoms with E-state index >= 15 is 4.39 Å². The third kappa shape index (κ3) is 4.70. The van der Waals surface area contributed by atoms with E-state index in [9.17, 15) is 13.2 Å². The Morgan fingerprint density at radius 2 is 1.92 bits per heavy atom. The highest BCUT2D eigenvalue weighted by molar-refractivity contribution is 7.89. The van der Waals surface area contributed by atoms with Crippen LogP contribution in [0.1, 0.15) is 29.6 Å². The lowest BCUT2D eigenvalue weighted by molar-refractivity contribution is -0.121. The monoisotopic (exact) mass is 526 g/mol. The highest BCUT2D eigenvalue weighted by Crippen LogP contribution is 2.35. The molecule has 2 aromatic carbocycles. The van der Waals surface area contributed by atoms with Crippen molar-refractivity contribution in [3.63, 3.8) is 0 Å². The second-order valence-electron chi connectivity index (χ2n) is 8.30. The fraction of sp³-hybridized carbons (Fsp3) is 0.261. The summed E-state index contributed by atoms with van der Waals surface area (Å²) in [6, 6.07) is 11.3. The van der Waals surface area contributed by atoms with E-state index in [2.05, 4.69) is 31.3 Å². The molecule has 0 spiro atoms. The molecule has 13 heteroatoms. The van der Waals surface area contributed by atoms with Gasteiger partial charge in [-0.25, -0.2) is 22.5 Å². The van der Waals surface area contributed by atoms with Gasteiger partial charge in [-0.05, 0) is 49.7 Å². The molecule has 1 amide bonds. The molecular weight excluding hydrogens is 507 g/mol. The van der Waals surface area contributed by atoms with E-state index in [0.717, 1.165) is 11.3 Å². The van der Waals surface area contributed by atoms with Gasteiger partial charge in [-0.3, -0.25) is 4.79 Å². The van der Waals surface area contributed by atoms with E-state index in [1.807, 2.05) is 0 Å². The number of amides is 1. The van der Waals surface area contributed by atoms with Crippen LogP contribution in [0.3, 0.4) is 0 Å². The maximum atomic E-state index is 15.3. The van der Waals surface area contributed by atoms with Crippen molar-refractivity contribution in [1.29, 1.82) is 5.26 Å². The van der Waals surface area contributed by atoms with Crippen molar-refractivity contribution in [2.45, 2.75) is 36.1 Å². The van der Waals surface area contributed by atoms with Crippen molar-refractivity contribution in [3.8, 4) is 17.2 Å². The van der Waals surface area contributed by atoms with Crippen LogP contribution >= 0.6 is 11.3 Å². The Bertz CT molecular complexity index is 1620. The van der Waals surface area contributed by atoms with Crippen molar-refractivity contribution >= 4 is 37.5 Å². The third-order valence-corrected chi connectivity index (χ3v) is 8.25. The van der Waals surface area contributed by atoms with Gasteiger partial charge >= 0.3 is 0 Å². The standard InChI is InChI=1S/C23H19FN6O4S2/c1-26-36(32,33)14-4-2-13(3-5-14)15-6-7-16-22(21(15)24)35-20(27-16)11-19-30-29-18(34-19)10-17(31)28-23(12-25)8-9-23/h2-7,26H,8-11H2,1H3,(H,28,31). The van der Waals surface area contributed by atoms with E-state index in [0.29, 0.717) is 39.2 Å². The van der Waals surface area contributed by atoms with Crippen molar-refractivity contribution in [2.75, 3.05) is 7.05 Å². The number of sulfonamides is 1. The zero-order chi connectivity index (χ0) is 25.5. The van der Waals surface area contributed by atoms with Gasteiger partial charge in [0.05, 0.1) is 27.6 Å². The topological polar surface area (TPSA) is 151 Å². The molecule has 10 nitrogen and oxygen atoms in total. The second-order valence-corrected chi connectivity index (χ2v) is 11.3. The number of fused-ring (bicyclic) bond motifs is 1. The molecule has 5 rings (SSSR count). The lowest BCUT2D eigenvalue weighted by atomic mass is 10.1. The summed E-state index contributed by atoms with van der Waals surface area (Å²) in [5.41, 5.74) is 0.554. The normalized spacial score (nSPS) is 14.5. The first kappa shape index (κ1) is 24.0. The number of carbonyl (C=O) groups excluding carboxylic acids is 1. The number of hydrogen-bond acceptors (Lipinski definition) is 9. The Morgan fingerprint density at radius 3 is 2.58 bits per heavy atom. The molecular formula is C23H19FN6O4S2. The molecule has 0 saturated heterocycles. The first-order valence-corrected chi connectivity index (χ1v) is 13.2. The molecule has 1 fully saturated rings. The first-order valence-electron chi connectivity index (χ1n) is 10.9. The number of thiazole rings is 1. The van der Waals surface area contributed by atoms with Crippen LogP contribution in [0.25, 0.3) is 21.3 Å². The number of halogens is 1. The van der Waals surface area contributed by atoms with E-state index < -0.39 is 21.4 Å². The molecule has 0 radical (unpaired) electrons. The lowest BCUT2D eigenvalue weighted by Gasteiger charge is -2.06. The summed E-state index contributed by atoms with van der Waals surface area (Å²) < 4.78 is 47.3. The molecule has 0 unspecified atom stereocenters. The molecule has 0 aliphatic heterocycles. The minimum atomic E-state index is -3.59. The van der Waals surface area contributed by atoms with Crippen LogP contribution in [0.15, 0.2) is 45.7 Å². The molecule has 0 atom stereocenters. The zero-order valence-corrected chi connectivity index (χ0v) is 20.5. The fourth-order valence-corrected chi connectivity index (χ4v) is 5.36. The first-order chi connectivity index (χ1) is 17.2. The summed E-state index contributed by atoms with van der Waals surface area (Å²) in [6.07, 6.45) is 1.29. The fourth-order valence-electron chi connectivity index (χ4n) is 3.63. The second kappa shape index (κ2) is 9.05. The average Bonchev–Trinajstić information content (AvgIpc) is 3.29. The minimum Gasteiger partial charge on any atom is -0.424 e. The summed E-state index contributed by atoms with van der Waals surface area (Å²) in [7, 11) is -2.26. The van der Waals surface area contributed by atoms with Gasteiger partial charge in [-0.2, -0.15) is 5.26 Å². The number of nitriles is 1. The lowest BCUT2D eigenvalue weighted by Crippen LogP contribution is -2.36. The van der Waals surface area contributed by atoms with Crippen LogP contribution < -0.4 is 10.0 Å². The number of hydrogen-bond donors (Lipinski definition) is 2. The van der Waals surface area contributed by atoms with E-state index in [1.54, 1.807) is 24.3 Å². The Hall–Kier alpha value is -3.73. The summed E-state index contributed by atoms with van der Waals surface area (Å²) in [4.78, 5) is 16.6. The number of carbonyl (C=O) groups is 1. The zero-order valence-electron chi connectivity index (χ0n) is 18.9. The van der Waals surface area contributed by atoms with Gasteiger partial charge in [0, 0.05) is 5.56 Å². The van der Waals surface area contributed by atoms with Crippen LogP contribution in [0.4, 0.5) is 4.39 Å². The predicted molar refractivity (Wildman–Crippen MR) is 128 cm³/mol. The number of rotatable bonds is 8. The predicted octanol–water partition coefficient (Wildman–Crippen LogP) is 2.70. The van der Waals surface area contributed by atoms with Crippen molar-refractivity contribution in [1.82, 2.24) is 25.2 Å². The molecule has 2 N–H and O–H groups in total. The van der Waals surface area contributed by atoms with Gasteiger partial charge in [-0.1, -0.05) is 12.1 Å². The van der Waals surface area contributed by atoms with Crippen molar-refractivity contribution < 1.29 is 22.0 Å². The molecule has 4 aromatic rings. The Balaban J connectivity index is 1.32. The highest BCUT2D eigenvalue weighted by Gasteiger charge is 2.44. The molecule has 1 saturated carbocycles. The van der Waals surface area contributed by atoms with Gasteiger partial charge in [-0.15, -0.1) is 21.5 Å². The number of nitrogens with one attached hydrogen (secondary N) is 2. The molecule has 1 aliphatic carbocycles. The summed E-state index contributed by atoms with van der Waals surface area (Å²) >= 11 is 1.15. The van der Waals surface area contributed by atoms with E-state index in [4.69, 9.17) is 9.68 Å². The Morgan fingerprint density at radius 1 is 1.19 bits per heavy atom. The van der Waals surface area contributed by atoms with E-state index in [-0.39, 0.29) is 35.4 Å². The molecule has 0 bridgehead atoms. The molecule has 2 heterocycles. The summed E-state index contributed by atoms with van der Waals surface area (Å²) in [6.45, 7) is 0. The van der Waals surface area contributed by atoms with Crippen LogP contribution in [0.2, 0.25) is 0 Å². The van der Waals surface area contributed by atoms with Gasteiger partial charge in [0.1, 0.15) is 22.8 Å². The van der Waals surface area contributed by atoms with Gasteiger partial charge in [0.2, 0.25) is 27.7 Å². The molecule has 1 aliphatic rings. The quantitative estimate of drug-likeness (QED) is 0.356. The highest BCUT2D eigenvalue weighted by atomic mass is 32.2. The minimum absolute atomic E-state index is 0.0869. The van der Waals surface area contributed by atoms with Crippen molar-refractivity contribution in [2.24, 2.45) is 0 Å². The Labute approximate surface area is 209 Å². The van der Waals surface area contributed by atoms with Crippen LogP contribution in [0, 0.1) is 17.1 Å². The average molecular weight is 527 g/mol. The van der Waals surface area contributed by atoms with Crippen LogP contribution in [-0.2, 0) is 27.7 Å². The molecule has 184 valence electrons. The number of benzene rings is 2. The van der Waals surface area contributed by atoms with E-state index in [1.165, 1.54) is 19.2 Å². The van der Waals surface area contributed by atoms with Gasteiger partial charge in [0.15, 0.2) is 0 Å². The largest absolute Gasteiger partial charge is 0.424 e. The summed E-state index contributed by atoms with van der Waals surface area (Å²) in [5, 5.41) is 20.1. The molecule has 2 aromatic heterocycles. The SMILES string of the molecule is CNS(=O)(=O)c1ccc(-c2ccc3nc(Cc4nnc(CC(=O)NC5(C#N)CC5)o4)sc3c2F)cc1. The van der Waals surface area contributed by atoms with Crippen LogP contribution in [0.5, 0.6) is 0 Å². The van der Waals surface area contributed by atoms with Gasteiger partial charge < -0.3 is 9.73 Å². The smallest absolute Gasteiger partial charge is 0.240 e. The summed E-state index contributed by atoms with van der Waals surface area (Å²) in [5.74, 6) is -0.472. The van der Waals surface area contributed by atoms with Gasteiger partial charge in [0.25, 0.3) is 0 Å². The van der Waals surface area contributed by atoms with Crippen LogP contribution in [-0.4, -0.2) is 42.1 Å². The number of nitrogens with zero attached hydrogens (tertiary/aromatic N) is 4. The molecule has 36 heavy (non-hydrogen) atoms. The third-order valence-electron chi connectivity index (χ3n) is 5.75. The van der Waals surface area contributed by atoms with Crippen molar-refractivity contribution in [3.05, 3.63) is 59.0 Å². The Kier molecular flexibility index (Phi) is 6.03.